The maximum atomic E-state index is 2.72. The number of anilines is 1. The van der Waals surface area contributed by atoms with Crippen LogP contribution in [-0.4, -0.2) is 50.1 Å². The molecule has 0 aliphatic carbocycles. The van der Waals surface area contributed by atoms with Crippen molar-refractivity contribution in [3.8, 4) is 0 Å². The molecule has 3 nitrogen and oxygen atoms in total. The van der Waals surface area contributed by atoms with Gasteiger partial charge in [0.2, 0.25) is 0 Å². The fourth-order valence-electron chi connectivity index (χ4n) is 5.37. The van der Waals surface area contributed by atoms with Gasteiger partial charge in [-0.25, -0.2) is 0 Å². The minimum atomic E-state index is 0.502. The van der Waals surface area contributed by atoms with Crippen molar-refractivity contribution < 1.29 is 0 Å². The molecule has 4 aliphatic rings. The van der Waals surface area contributed by atoms with Crippen molar-refractivity contribution in [3.63, 3.8) is 0 Å². The predicted octanol–water partition coefficient (Wildman–Crippen LogP) is 2.80. The van der Waals surface area contributed by atoms with Gasteiger partial charge in [0.05, 0.1) is 6.17 Å². The molecule has 0 spiro atoms. The average molecular weight is 285 g/mol. The summed E-state index contributed by atoms with van der Waals surface area (Å²) in [6, 6.07) is 9.16. The molecule has 114 valence electrons. The van der Waals surface area contributed by atoms with Crippen LogP contribution >= 0.6 is 0 Å². The number of benzene rings is 1. The van der Waals surface area contributed by atoms with E-state index in [-0.39, 0.29) is 0 Å². The van der Waals surface area contributed by atoms with Crippen LogP contribution in [0.5, 0.6) is 0 Å². The van der Waals surface area contributed by atoms with Crippen molar-refractivity contribution in [1.82, 2.24) is 9.80 Å². The quantitative estimate of drug-likeness (QED) is 0.827. The lowest BCUT2D eigenvalue weighted by molar-refractivity contribution is -0.194. The molecule has 3 heteroatoms. The first-order valence-corrected chi connectivity index (χ1v) is 8.13. The molecule has 21 heavy (non-hydrogen) atoms. The Kier molecular flexibility index (Phi) is 2.74. The summed E-state index contributed by atoms with van der Waals surface area (Å²) < 4.78 is 0. The van der Waals surface area contributed by atoms with E-state index in [4.69, 9.17) is 0 Å². The van der Waals surface area contributed by atoms with Crippen LogP contribution in [0, 0.1) is 10.8 Å². The highest BCUT2D eigenvalue weighted by Crippen LogP contribution is 2.54. The lowest BCUT2D eigenvalue weighted by Gasteiger charge is -2.66. The van der Waals surface area contributed by atoms with Crippen LogP contribution in [0.1, 0.15) is 32.0 Å². The van der Waals surface area contributed by atoms with Gasteiger partial charge in [0.1, 0.15) is 0 Å². The fraction of sp³-hybridized carbons (Fsp3) is 0.667. The average Bonchev–Trinajstić information content (AvgIpc) is 2.35. The molecule has 0 aromatic heterocycles. The van der Waals surface area contributed by atoms with Gasteiger partial charge < -0.3 is 4.90 Å². The molecule has 0 amide bonds. The second-order valence-electron chi connectivity index (χ2n) is 8.47. The summed E-state index contributed by atoms with van der Waals surface area (Å²) in [5, 5.41) is 0. The predicted molar refractivity (Wildman–Crippen MR) is 87.5 cm³/mol. The molecular weight excluding hydrogens is 258 g/mol. The van der Waals surface area contributed by atoms with Crippen LogP contribution in [0.3, 0.4) is 0 Å². The van der Waals surface area contributed by atoms with Crippen molar-refractivity contribution in [2.24, 2.45) is 10.8 Å². The summed E-state index contributed by atoms with van der Waals surface area (Å²) in [4.78, 5) is 7.62. The van der Waals surface area contributed by atoms with E-state index in [0.717, 1.165) is 0 Å². The van der Waals surface area contributed by atoms with Crippen molar-refractivity contribution >= 4 is 5.69 Å². The van der Waals surface area contributed by atoms with Crippen molar-refractivity contribution in [3.05, 3.63) is 29.8 Å². The Hall–Kier alpha value is -1.06. The molecule has 0 atom stereocenters. The van der Waals surface area contributed by atoms with Gasteiger partial charge in [-0.3, -0.25) is 9.80 Å². The molecular formula is C18H27N3. The number of rotatable bonds is 2. The molecule has 4 fully saturated rings. The van der Waals surface area contributed by atoms with E-state index < -0.39 is 0 Å². The van der Waals surface area contributed by atoms with Gasteiger partial charge in [0.15, 0.2) is 0 Å². The van der Waals surface area contributed by atoms with Crippen molar-refractivity contribution in [2.75, 3.05) is 45.2 Å². The Balaban J connectivity index is 1.65. The standard InChI is InChI=1S/C18H27N3/c1-17-9-18(2)12-20(10-17)16(21(11-17)13-18)14-5-7-15(8-6-14)19(3)4/h5-8,16H,9-13H2,1-4H3. The van der Waals surface area contributed by atoms with E-state index in [1.165, 1.54) is 43.9 Å². The largest absolute Gasteiger partial charge is 0.378 e. The van der Waals surface area contributed by atoms with Crippen LogP contribution in [0.15, 0.2) is 24.3 Å². The second kappa shape index (κ2) is 4.23. The summed E-state index contributed by atoms with van der Waals surface area (Å²) in [5.41, 5.74) is 3.76. The highest BCUT2D eigenvalue weighted by atomic mass is 15.4. The Morgan fingerprint density at radius 1 is 0.905 bits per heavy atom. The Bertz CT molecular complexity index is 512. The first-order chi connectivity index (χ1) is 9.88. The van der Waals surface area contributed by atoms with E-state index in [2.05, 4.69) is 66.9 Å². The van der Waals surface area contributed by atoms with Crippen LogP contribution in [0.25, 0.3) is 0 Å². The minimum absolute atomic E-state index is 0.502. The maximum Gasteiger partial charge on any atom is 0.0887 e. The van der Waals surface area contributed by atoms with E-state index in [9.17, 15) is 0 Å². The molecule has 5 rings (SSSR count). The third-order valence-electron chi connectivity index (χ3n) is 5.59. The van der Waals surface area contributed by atoms with E-state index in [1.54, 1.807) is 0 Å². The summed E-state index contributed by atoms with van der Waals surface area (Å²) in [6.07, 6.45) is 1.90. The Labute approximate surface area is 128 Å². The lowest BCUT2D eigenvalue weighted by Crippen LogP contribution is -2.70. The van der Waals surface area contributed by atoms with Crippen molar-refractivity contribution in [2.45, 2.75) is 26.4 Å². The van der Waals surface area contributed by atoms with Crippen molar-refractivity contribution in [1.29, 1.82) is 0 Å². The first kappa shape index (κ1) is 13.6. The fourth-order valence-corrected chi connectivity index (χ4v) is 5.37. The van der Waals surface area contributed by atoms with Gasteiger partial charge in [-0.2, -0.15) is 0 Å². The van der Waals surface area contributed by atoms with Gasteiger partial charge in [-0.05, 0) is 34.9 Å². The highest BCUT2D eigenvalue weighted by Gasteiger charge is 2.56. The molecule has 1 aromatic carbocycles. The zero-order valence-electron chi connectivity index (χ0n) is 13.8. The second-order valence-corrected chi connectivity index (χ2v) is 8.47. The van der Waals surface area contributed by atoms with E-state index in [1.807, 2.05) is 0 Å². The Morgan fingerprint density at radius 3 is 1.81 bits per heavy atom. The van der Waals surface area contributed by atoms with Gasteiger partial charge in [-0.15, -0.1) is 0 Å². The number of hydrogen-bond acceptors (Lipinski definition) is 3. The van der Waals surface area contributed by atoms with Crippen LogP contribution < -0.4 is 4.90 Å². The molecule has 4 heterocycles. The minimum Gasteiger partial charge on any atom is -0.378 e. The van der Waals surface area contributed by atoms with E-state index >= 15 is 0 Å². The molecule has 0 unspecified atom stereocenters. The topological polar surface area (TPSA) is 9.72 Å². The zero-order chi connectivity index (χ0) is 14.8. The molecule has 1 aromatic rings. The van der Waals surface area contributed by atoms with Gasteiger partial charge in [0.25, 0.3) is 0 Å². The van der Waals surface area contributed by atoms with Gasteiger partial charge in [0, 0.05) is 46.0 Å². The normalized spacial score (nSPS) is 44.1. The first-order valence-electron chi connectivity index (χ1n) is 8.13. The maximum absolute atomic E-state index is 2.72. The summed E-state index contributed by atoms with van der Waals surface area (Å²) in [5.74, 6) is 0. The van der Waals surface area contributed by atoms with Crippen LogP contribution in [-0.2, 0) is 0 Å². The number of nitrogens with zero attached hydrogens (tertiary/aromatic N) is 3. The number of hydrogen-bond donors (Lipinski definition) is 0. The Morgan fingerprint density at radius 2 is 1.38 bits per heavy atom. The zero-order valence-corrected chi connectivity index (χ0v) is 13.8. The molecule has 0 N–H and O–H groups in total. The third-order valence-corrected chi connectivity index (χ3v) is 5.59. The summed E-state index contributed by atoms with van der Waals surface area (Å²) in [7, 11) is 4.21. The molecule has 4 bridgehead atoms. The van der Waals surface area contributed by atoms with Gasteiger partial charge in [-0.1, -0.05) is 26.0 Å². The summed E-state index contributed by atoms with van der Waals surface area (Å²) >= 11 is 0. The monoisotopic (exact) mass is 285 g/mol. The lowest BCUT2D eigenvalue weighted by atomic mass is 9.63. The molecule has 4 aliphatic heterocycles. The van der Waals surface area contributed by atoms with E-state index in [0.29, 0.717) is 17.0 Å². The third kappa shape index (κ3) is 2.09. The number of piperidine rings is 2. The SMILES string of the molecule is CN(C)c1ccc(C2N3CC4(C)CN2CC(C)(C3)C4)cc1. The van der Waals surface area contributed by atoms with Gasteiger partial charge >= 0.3 is 0 Å². The molecule has 0 radical (unpaired) electrons. The molecule has 4 saturated heterocycles. The smallest absolute Gasteiger partial charge is 0.0887 e. The molecule has 0 saturated carbocycles. The summed E-state index contributed by atoms with van der Waals surface area (Å²) in [6.45, 7) is 10.0. The highest BCUT2D eigenvalue weighted by molar-refractivity contribution is 5.46. The van der Waals surface area contributed by atoms with Crippen LogP contribution in [0.2, 0.25) is 0 Å². The van der Waals surface area contributed by atoms with Crippen LogP contribution in [0.4, 0.5) is 5.69 Å².